The van der Waals surface area contributed by atoms with Gasteiger partial charge in [-0.25, -0.2) is 0 Å². The molecule has 0 aromatic heterocycles. The third-order valence-corrected chi connectivity index (χ3v) is 2.73. The molecule has 0 spiro atoms. The van der Waals surface area contributed by atoms with E-state index in [0.717, 1.165) is 0 Å². The number of hydrogen-bond acceptors (Lipinski definition) is 3. The van der Waals surface area contributed by atoms with E-state index in [1.54, 1.807) is 26.0 Å². The van der Waals surface area contributed by atoms with Crippen LogP contribution in [-0.2, 0) is 4.79 Å². The Morgan fingerprint density at radius 2 is 2.06 bits per heavy atom. The molecule has 0 saturated heterocycles. The molecule has 5 nitrogen and oxygen atoms in total. The van der Waals surface area contributed by atoms with Crippen LogP contribution < -0.4 is 5.32 Å². The predicted octanol–water partition coefficient (Wildman–Crippen LogP) is 1.68. The Kier molecular flexibility index (Phi) is 4.71. The molecule has 1 unspecified atom stereocenters. The minimum Gasteiger partial charge on any atom is -0.507 e. The lowest BCUT2D eigenvalue weighted by Crippen LogP contribution is -2.36. The summed E-state index contributed by atoms with van der Waals surface area (Å²) < 4.78 is 0. The second-order valence-corrected chi connectivity index (χ2v) is 4.15. The van der Waals surface area contributed by atoms with Crippen molar-refractivity contribution in [3.05, 3.63) is 29.3 Å². The zero-order chi connectivity index (χ0) is 13.7. The number of aliphatic carboxylic acids is 1. The number of phenolic OH excluding ortho intramolecular Hbond substituents is 1. The van der Waals surface area contributed by atoms with Crippen LogP contribution in [0.4, 0.5) is 0 Å². The number of carbonyl (C=O) groups excluding carboxylic acids is 1. The number of aryl methyl sites for hydroxylation is 1. The van der Waals surface area contributed by atoms with Gasteiger partial charge in [0.2, 0.25) is 0 Å². The van der Waals surface area contributed by atoms with Gasteiger partial charge in [0.15, 0.2) is 0 Å². The highest BCUT2D eigenvalue weighted by Crippen LogP contribution is 2.21. The lowest BCUT2D eigenvalue weighted by Gasteiger charge is -2.15. The van der Waals surface area contributed by atoms with Crippen LogP contribution in [0, 0.1) is 6.92 Å². The Morgan fingerprint density at radius 3 is 2.61 bits per heavy atom. The number of carbonyl (C=O) groups is 2. The molecule has 1 aromatic carbocycles. The Morgan fingerprint density at radius 1 is 1.39 bits per heavy atom. The lowest BCUT2D eigenvalue weighted by molar-refractivity contribution is -0.137. The summed E-state index contributed by atoms with van der Waals surface area (Å²) in [6, 6.07) is 4.43. The smallest absolute Gasteiger partial charge is 0.305 e. The predicted molar refractivity (Wildman–Crippen MR) is 66.6 cm³/mol. The molecule has 0 saturated carbocycles. The van der Waals surface area contributed by atoms with Crippen LogP contribution in [0.1, 0.15) is 35.7 Å². The van der Waals surface area contributed by atoms with E-state index in [1.165, 1.54) is 6.07 Å². The van der Waals surface area contributed by atoms with Crippen LogP contribution in [0.3, 0.4) is 0 Å². The van der Waals surface area contributed by atoms with Crippen LogP contribution in [0.25, 0.3) is 0 Å². The monoisotopic (exact) mass is 251 g/mol. The van der Waals surface area contributed by atoms with Gasteiger partial charge < -0.3 is 15.5 Å². The van der Waals surface area contributed by atoms with Gasteiger partial charge in [-0.05, 0) is 25.0 Å². The number of carboxylic acids is 1. The first-order valence-corrected chi connectivity index (χ1v) is 5.77. The first-order valence-electron chi connectivity index (χ1n) is 5.77. The average molecular weight is 251 g/mol. The molecule has 0 aliphatic carbocycles. The number of para-hydroxylation sites is 1. The molecule has 98 valence electrons. The molecule has 1 aromatic rings. The molecule has 5 heteroatoms. The standard InChI is InChI=1S/C13H17NO4/c1-3-9(7-11(15)16)14-13(18)10-6-4-5-8(2)12(10)17/h4-6,9,17H,3,7H2,1-2H3,(H,14,18)(H,15,16). The molecule has 0 radical (unpaired) electrons. The van der Waals surface area contributed by atoms with Crippen LogP contribution >= 0.6 is 0 Å². The van der Waals surface area contributed by atoms with Gasteiger partial charge in [-0.3, -0.25) is 9.59 Å². The van der Waals surface area contributed by atoms with Gasteiger partial charge in [0, 0.05) is 6.04 Å². The van der Waals surface area contributed by atoms with Crippen molar-refractivity contribution in [3.8, 4) is 5.75 Å². The number of hydrogen-bond donors (Lipinski definition) is 3. The highest BCUT2D eigenvalue weighted by atomic mass is 16.4. The van der Waals surface area contributed by atoms with Crippen LogP contribution in [0.15, 0.2) is 18.2 Å². The van der Waals surface area contributed by atoms with E-state index in [0.29, 0.717) is 12.0 Å². The van der Waals surface area contributed by atoms with E-state index >= 15 is 0 Å². The molecule has 1 atom stereocenters. The molecule has 0 fully saturated rings. The van der Waals surface area contributed by atoms with Crippen LogP contribution in [0.5, 0.6) is 5.75 Å². The normalized spacial score (nSPS) is 11.9. The Bertz CT molecular complexity index is 456. The minimum absolute atomic E-state index is 0.0693. The highest BCUT2D eigenvalue weighted by molar-refractivity contribution is 5.97. The lowest BCUT2D eigenvalue weighted by atomic mass is 10.1. The van der Waals surface area contributed by atoms with Crippen molar-refractivity contribution < 1.29 is 19.8 Å². The number of carboxylic acid groups (broad SMARTS) is 1. The first-order chi connectivity index (χ1) is 8.45. The quantitative estimate of drug-likeness (QED) is 0.743. The Balaban J connectivity index is 2.81. The first kappa shape index (κ1) is 14.0. The third-order valence-electron chi connectivity index (χ3n) is 2.73. The maximum Gasteiger partial charge on any atom is 0.305 e. The van der Waals surface area contributed by atoms with E-state index in [9.17, 15) is 14.7 Å². The van der Waals surface area contributed by atoms with E-state index in [-0.39, 0.29) is 17.7 Å². The molecule has 0 bridgehead atoms. The summed E-state index contributed by atoms with van der Waals surface area (Å²) in [4.78, 5) is 22.5. The summed E-state index contributed by atoms with van der Waals surface area (Å²) in [5.41, 5.74) is 0.771. The van der Waals surface area contributed by atoms with Crippen molar-refractivity contribution in [1.29, 1.82) is 0 Å². The zero-order valence-electron chi connectivity index (χ0n) is 10.4. The number of benzene rings is 1. The fourth-order valence-corrected chi connectivity index (χ4v) is 1.61. The summed E-state index contributed by atoms with van der Waals surface area (Å²) in [5, 5.41) is 21.1. The number of nitrogens with one attached hydrogen (secondary N) is 1. The number of phenols is 1. The van der Waals surface area contributed by atoms with Crippen molar-refractivity contribution in [2.75, 3.05) is 0 Å². The maximum atomic E-state index is 11.9. The van der Waals surface area contributed by atoms with Crippen molar-refractivity contribution >= 4 is 11.9 Å². The van der Waals surface area contributed by atoms with Gasteiger partial charge in [-0.1, -0.05) is 19.1 Å². The summed E-state index contributed by atoms with van der Waals surface area (Å²) in [7, 11) is 0. The summed E-state index contributed by atoms with van der Waals surface area (Å²) >= 11 is 0. The topological polar surface area (TPSA) is 86.6 Å². The second-order valence-electron chi connectivity index (χ2n) is 4.15. The van der Waals surface area contributed by atoms with Gasteiger partial charge in [-0.15, -0.1) is 0 Å². The zero-order valence-corrected chi connectivity index (χ0v) is 10.4. The van der Waals surface area contributed by atoms with Gasteiger partial charge in [0.1, 0.15) is 5.75 Å². The molecular formula is C13H17NO4. The van der Waals surface area contributed by atoms with E-state index in [4.69, 9.17) is 5.11 Å². The fraction of sp³-hybridized carbons (Fsp3) is 0.385. The molecule has 1 amide bonds. The summed E-state index contributed by atoms with van der Waals surface area (Å²) in [5.74, 6) is -1.49. The average Bonchev–Trinajstić information content (AvgIpc) is 2.31. The Labute approximate surface area is 105 Å². The van der Waals surface area contributed by atoms with Gasteiger partial charge in [-0.2, -0.15) is 0 Å². The second kappa shape index (κ2) is 6.05. The molecule has 18 heavy (non-hydrogen) atoms. The molecule has 0 aliphatic rings. The van der Waals surface area contributed by atoms with Gasteiger partial charge in [0.25, 0.3) is 5.91 Å². The van der Waals surface area contributed by atoms with Crippen molar-refractivity contribution in [3.63, 3.8) is 0 Å². The fourth-order valence-electron chi connectivity index (χ4n) is 1.61. The minimum atomic E-state index is -0.962. The Hall–Kier alpha value is -2.04. The summed E-state index contributed by atoms with van der Waals surface area (Å²) in [6.45, 7) is 3.49. The molecule has 0 heterocycles. The van der Waals surface area contributed by atoms with Crippen molar-refractivity contribution in [2.24, 2.45) is 0 Å². The van der Waals surface area contributed by atoms with Crippen LogP contribution in [0.2, 0.25) is 0 Å². The molecule has 0 aliphatic heterocycles. The number of aromatic hydroxyl groups is 1. The van der Waals surface area contributed by atoms with E-state index in [2.05, 4.69) is 5.32 Å². The number of amides is 1. The van der Waals surface area contributed by atoms with Gasteiger partial charge >= 0.3 is 5.97 Å². The molecule has 1 rings (SSSR count). The molecule has 3 N–H and O–H groups in total. The third kappa shape index (κ3) is 3.48. The summed E-state index contributed by atoms with van der Waals surface area (Å²) in [6.07, 6.45) is 0.388. The largest absolute Gasteiger partial charge is 0.507 e. The van der Waals surface area contributed by atoms with Crippen LogP contribution in [-0.4, -0.2) is 28.1 Å². The SMILES string of the molecule is CCC(CC(=O)O)NC(=O)c1cccc(C)c1O. The van der Waals surface area contributed by atoms with Gasteiger partial charge in [0.05, 0.1) is 12.0 Å². The molecular weight excluding hydrogens is 234 g/mol. The van der Waals surface area contributed by atoms with Crippen molar-refractivity contribution in [2.45, 2.75) is 32.7 Å². The highest BCUT2D eigenvalue weighted by Gasteiger charge is 2.17. The van der Waals surface area contributed by atoms with Crippen molar-refractivity contribution in [1.82, 2.24) is 5.32 Å². The maximum absolute atomic E-state index is 11.9. The van der Waals surface area contributed by atoms with E-state index < -0.39 is 17.9 Å². The van der Waals surface area contributed by atoms with E-state index in [1.807, 2.05) is 0 Å². The number of rotatable bonds is 5.